The first-order chi connectivity index (χ1) is 13.8. The number of benzene rings is 5. The lowest BCUT2D eigenvalue weighted by Crippen LogP contribution is -2.19. The Morgan fingerprint density at radius 1 is 0.536 bits per heavy atom. The van der Waals surface area contributed by atoms with Crippen LogP contribution < -0.4 is 10.4 Å². The smallest absolute Gasteiger partial charge is 0.0740 e. The van der Waals surface area contributed by atoms with Gasteiger partial charge in [0, 0.05) is 0 Å². The lowest BCUT2D eigenvalue weighted by atomic mass is 9.77. The molecule has 6 aromatic rings. The van der Waals surface area contributed by atoms with Gasteiger partial charge in [-0.1, -0.05) is 84.1 Å². The Bertz CT molecular complexity index is 1560. The molecule has 6 aromatic carbocycles. The Labute approximate surface area is 165 Å². The molecular weight excluding hydrogens is 352 g/mol. The molecule has 1 aliphatic rings. The lowest BCUT2D eigenvalue weighted by molar-refractivity contribution is 1.65. The Kier molecular flexibility index (Phi) is 2.65. The molecule has 0 aliphatic carbocycles. The molecule has 1 heterocycles. The van der Waals surface area contributed by atoms with E-state index in [-0.39, 0.29) is 0 Å². The van der Waals surface area contributed by atoms with E-state index in [0.717, 1.165) is 9.52 Å². The zero-order valence-corrected chi connectivity index (χ0v) is 16.5. The zero-order chi connectivity index (χ0) is 18.4. The van der Waals surface area contributed by atoms with Crippen molar-refractivity contribution in [3.63, 3.8) is 0 Å². The molecule has 0 saturated carbocycles. The van der Waals surface area contributed by atoms with E-state index in [1.165, 1.54) is 65.0 Å². The fraction of sp³-hybridized carbons (Fsp3) is 0.0370. The van der Waals surface area contributed by atoms with Crippen molar-refractivity contribution < 1.29 is 0 Å². The SMILES string of the molecule is CC1=c2c3c(c(-c4ccccc4)c4c5cccc2c5c4c3-c2ccccc2)[Si]1. The molecule has 7 rings (SSSR count). The van der Waals surface area contributed by atoms with Crippen LogP contribution in [0.5, 0.6) is 0 Å². The Morgan fingerprint density at radius 3 is 1.89 bits per heavy atom. The van der Waals surface area contributed by atoms with Crippen molar-refractivity contribution in [3.05, 3.63) is 84.1 Å². The third kappa shape index (κ3) is 1.59. The van der Waals surface area contributed by atoms with Crippen LogP contribution in [0.25, 0.3) is 59.8 Å². The quantitative estimate of drug-likeness (QED) is 0.352. The molecule has 2 bridgehead atoms. The number of fused-ring (bicyclic) bond motifs is 2. The predicted octanol–water partition coefficient (Wildman–Crippen LogP) is 5.55. The van der Waals surface area contributed by atoms with Gasteiger partial charge in [-0.2, -0.15) is 0 Å². The molecule has 0 aromatic heterocycles. The van der Waals surface area contributed by atoms with E-state index >= 15 is 0 Å². The molecule has 0 atom stereocenters. The highest BCUT2D eigenvalue weighted by Gasteiger charge is 2.31. The standard InChI is InChI=1S/C27H16Si/c1-15-20-18-13-8-14-19-23(18)25-21(16-9-4-2-5-10-16)26(20)27(28-15)22(24(19)25)17-11-6-3-7-12-17/h2-14H,1H3. The van der Waals surface area contributed by atoms with Gasteiger partial charge in [-0.3, -0.25) is 0 Å². The molecule has 0 saturated heterocycles. The first-order valence-corrected chi connectivity index (χ1v) is 10.8. The summed E-state index contributed by atoms with van der Waals surface area (Å²) in [7, 11) is 0.753. The van der Waals surface area contributed by atoms with Gasteiger partial charge in [0.05, 0.1) is 0 Å². The van der Waals surface area contributed by atoms with Gasteiger partial charge in [0.15, 0.2) is 0 Å². The molecular formula is C27H16Si. The Hall–Kier alpha value is -3.16. The fourth-order valence-corrected chi connectivity index (χ4v) is 6.91. The van der Waals surface area contributed by atoms with Crippen LogP contribution in [0.15, 0.2) is 78.9 Å². The second kappa shape index (κ2) is 5.01. The average Bonchev–Trinajstić information content (AvgIpc) is 3.11. The molecule has 0 spiro atoms. The largest absolute Gasteiger partial charge is 0.118 e. The van der Waals surface area contributed by atoms with Gasteiger partial charge in [-0.15, -0.1) is 0 Å². The van der Waals surface area contributed by atoms with E-state index in [1.807, 2.05) is 0 Å². The Morgan fingerprint density at radius 2 is 1.18 bits per heavy atom. The monoisotopic (exact) mass is 368 g/mol. The molecule has 1 aliphatic heterocycles. The van der Waals surface area contributed by atoms with Crippen LogP contribution in [0.1, 0.15) is 6.92 Å². The van der Waals surface area contributed by atoms with Crippen LogP contribution in [-0.4, -0.2) is 9.52 Å². The molecule has 2 radical (unpaired) electrons. The summed E-state index contributed by atoms with van der Waals surface area (Å²) in [5, 5.41) is 13.4. The minimum absolute atomic E-state index is 0.753. The van der Waals surface area contributed by atoms with E-state index < -0.39 is 0 Å². The van der Waals surface area contributed by atoms with Crippen molar-refractivity contribution in [3.8, 4) is 22.3 Å². The molecule has 1 heteroatoms. The van der Waals surface area contributed by atoms with Crippen molar-refractivity contribution in [2.45, 2.75) is 6.92 Å². The third-order valence-electron chi connectivity index (χ3n) is 6.42. The van der Waals surface area contributed by atoms with E-state index in [1.54, 1.807) is 5.19 Å². The summed E-state index contributed by atoms with van der Waals surface area (Å²) in [6.07, 6.45) is 0. The van der Waals surface area contributed by atoms with Crippen LogP contribution in [0.4, 0.5) is 0 Å². The summed E-state index contributed by atoms with van der Waals surface area (Å²) in [6.45, 7) is 2.34. The number of hydrogen-bond donors (Lipinski definition) is 0. The van der Waals surface area contributed by atoms with E-state index in [2.05, 4.69) is 85.8 Å². The average molecular weight is 369 g/mol. The first kappa shape index (κ1) is 14.8. The highest BCUT2D eigenvalue weighted by atomic mass is 28.2. The summed E-state index contributed by atoms with van der Waals surface area (Å²) < 4.78 is 0. The normalized spacial score (nSPS) is 13.7. The summed E-state index contributed by atoms with van der Waals surface area (Å²) >= 11 is 0. The first-order valence-electron chi connectivity index (χ1n) is 9.82. The molecule has 128 valence electrons. The van der Waals surface area contributed by atoms with Gasteiger partial charge < -0.3 is 0 Å². The fourth-order valence-electron chi connectivity index (χ4n) is 5.38. The molecule has 0 nitrogen and oxygen atoms in total. The maximum Gasteiger partial charge on any atom is 0.118 e. The number of rotatable bonds is 2. The topological polar surface area (TPSA) is 0 Å². The van der Waals surface area contributed by atoms with Crippen molar-refractivity contribution >= 4 is 52.2 Å². The van der Waals surface area contributed by atoms with Gasteiger partial charge in [0.25, 0.3) is 0 Å². The van der Waals surface area contributed by atoms with E-state index in [0.29, 0.717) is 0 Å². The zero-order valence-electron chi connectivity index (χ0n) is 15.5. The summed E-state index contributed by atoms with van der Waals surface area (Å²) in [5.74, 6) is 0. The molecule has 0 unspecified atom stereocenters. The van der Waals surface area contributed by atoms with Crippen LogP contribution in [0.2, 0.25) is 0 Å². The van der Waals surface area contributed by atoms with Gasteiger partial charge in [0.2, 0.25) is 0 Å². The van der Waals surface area contributed by atoms with Crippen molar-refractivity contribution in [1.82, 2.24) is 0 Å². The van der Waals surface area contributed by atoms with E-state index in [4.69, 9.17) is 0 Å². The lowest BCUT2D eigenvalue weighted by Gasteiger charge is -2.26. The predicted molar refractivity (Wildman–Crippen MR) is 122 cm³/mol. The van der Waals surface area contributed by atoms with Crippen LogP contribution in [0, 0.1) is 0 Å². The van der Waals surface area contributed by atoms with E-state index in [9.17, 15) is 0 Å². The van der Waals surface area contributed by atoms with Crippen LogP contribution in [-0.2, 0) is 0 Å². The molecule has 0 N–H and O–H groups in total. The molecule has 0 amide bonds. The van der Waals surface area contributed by atoms with Gasteiger partial charge in [0.1, 0.15) is 9.52 Å². The van der Waals surface area contributed by atoms with Gasteiger partial charge >= 0.3 is 0 Å². The molecule has 0 fully saturated rings. The maximum absolute atomic E-state index is 2.34. The minimum atomic E-state index is 0.753. The summed E-state index contributed by atoms with van der Waals surface area (Å²) in [5.41, 5.74) is 5.65. The van der Waals surface area contributed by atoms with Crippen LogP contribution in [0.3, 0.4) is 0 Å². The van der Waals surface area contributed by atoms with Gasteiger partial charge in [-0.25, -0.2) is 0 Å². The Balaban J connectivity index is 1.81. The minimum Gasteiger partial charge on any atom is -0.0740 e. The van der Waals surface area contributed by atoms with Gasteiger partial charge in [-0.05, 0) is 71.9 Å². The maximum atomic E-state index is 2.34. The molecule has 28 heavy (non-hydrogen) atoms. The second-order valence-corrected chi connectivity index (χ2v) is 9.34. The van der Waals surface area contributed by atoms with Crippen LogP contribution >= 0.6 is 0 Å². The van der Waals surface area contributed by atoms with Crippen molar-refractivity contribution in [1.29, 1.82) is 0 Å². The van der Waals surface area contributed by atoms with Crippen molar-refractivity contribution in [2.75, 3.05) is 0 Å². The third-order valence-corrected chi connectivity index (χ3v) is 7.79. The van der Waals surface area contributed by atoms with Crippen molar-refractivity contribution in [2.24, 2.45) is 0 Å². The summed E-state index contributed by atoms with van der Waals surface area (Å²) in [4.78, 5) is 0. The highest BCUT2D eigenvalue weighted by molar-refractivity contribution is 6.78. The summed E-state index contributed by atoms with van der Waals surface area (Å²) in [6, 6.07) is 28.9. The number of hydrogen-bond acceptors (Lipinski definition) is 0. The highest BCUT2D eigenvalue weighted by Crippen LogP contribution is 2.50. The second-order valence-electron chi connectivity index (χ2n) is 7.84.